The molecule has 0 spiro atoms. The van der Waals surface area contributed by atoms with Crippen molar-refractivity contribution >= 4 is 23.6 Å². The van der Waals surface area contributed by atoms with Crippen LogP contribution in [0.3, 0.4) is 0 Å². The molecule has 1 saturated heterocycles. The van der Waals surface area contributed by atoms with Crippen molar-refractivity contribution in [2.75, 3.05) is 32.6 Å². The minimum atomic E-state index is -0.963. The maximum Gasteiger partial charge on any atom is 0.313 e. The summed E-state index contributed by atoms with van der Waals surface area (Å²) in [7, 11) is 1.50. The fourth-order valence-corrected chi connectivity index (χ4v) is 4.50. The molecular weight excluding hydrogens is 302 g/mol. The van der Waals surface area contributed by atoms with Crippen molar-refractivity contribution in [2.24, 2.45) is 5.41 Å². The molecule has 3 rings (SSSR count). The summed E-state index contributed by atoms with van der Waals surface area (Å²) in [6.07, 6.45) is 0.448. The molecule has 6 heteroatoms. The van der Waals surface area contributed by atoms with Crippen LogP contribution in [0, 0.1) is 5.41 Å². The van der Waals surface area contributed by atoms with Crippen LogP contribution in [0.4, 0.5) is 0 Å². The number of hydrogen-bond donors (Lipinski definition) is 1. The third kappa shape index (κ3) is 2.50. The Morgan fingerprint density at radius 2 is 2.23 bits per heavy atom. The van der Waals surface area contributed by atoms with Gasteiger partial charge in [-0.3, -0.25) is 9.59 Å². The Morgan fingerprint density at radius 3 is 2.95 bits per heavy atom. The normalized spacial score (nSPS) is 27.0. The Hall–Kier alpha value is -1.53. The van der Waals surface area contributed by atoms with Crippen LogP contribution in [-0.2, 0) is 14.3 Å². The molecule has 2 atom stereocenters. The molecule has 0 bridgehead atoms. The van der Waals surface area contributed by atoms with E-state index in [0.29, 0.717) is 13.0 Å². The van der Waals surface area contributed by atoms with Crippen LogP contribution in [0.15, 0.2) is 29.2 Å². The molecule has 1 fully saturated rings. The fraction of sp³-hybridized carbons (Fsp3) is 0.500. The quantitative estimate of drug-likeness (QED) is 0.916. The number of aliphatic carboxylic acids is 1. The zero-order valence-electron chi connectivity index (χ0n) is 12.4. The van der Waals surface area contributed by atoms with E-state index in [1.807, 2.05) is 24.3 Å². The summed E-state index contributed by atoms with van der Waals surface area (Å²) in [4.78, 5) is 27.2. The third-order valence-electron chi connectivity index (χ3n) is 4.54. The van der Waals surface area contributed by atoms with Gasteiger partial charge in [-0.05, 0) is 18.1 Å². The number of carboxylic acids is 1. The highest BCUT2D eigenvalue weighted by Gasteiger charge is 2.47. The predicted molar refractivity (Wildman–Crippen MR) is 83.0 cm³/mol. The number of carboxylic acid groups (broad SMARTS) is 1. The van der Waals surface area contributed by atoms with Gasteiger partial charge in [0.2, 0.25) is 5.91 Å². The van der Waals surface area contributed by atoms with Crippen molar-refractivity contribution in [1.29, 1.82) is 0 Å². The molecular formula is C16H19NO4S. The number of fused-ring (bicyclic) bond motifs is 1. The van der Waals surface area contributed by atoms with Crippen LogP contribution in [0.1, 0.15) is 17.9 Å². The summed E-state index contributed by atoms with van der Waals surface area (Å²) in [5.41, 5.74) is 0.104. The summed E-state index contributed by atoms with van der Waals surface area (Å²) in [5, 5.41) is 9.50. The summed E-state index contributed by atoms with van der Waals surface area (Å²) >= 11 is 1.69. The van der Waals surface area contributed by atoms with Gasteiger partial charge >= 0.3 is 5.97 Å². The summed E-state index contributed by atoms with van der Waals surface area (Å²) in [6, 6.07) is 7.95. The largest absolute Gasteiger partial charge is 0.481 e. The average molecular weight is 321 g/mol. The van der Waals surface area contributed by atoms with Crippen LogP contribution >= 0.6 is 11.8 Å². The van der Waals surface area contributed by atoms with Crippen LogP contribution in [0.25, 0.3) is 0 Å². The van der Waals surface area contributed by atoms with Gasteiger partial charge in [-0.2, -0.15) is 0 Å². The van der Waals surface area contributed by atoms with Crippen molar-refractivity contribution < 1.29 is 19.4 Å². The first-order valence-electron chi connectivity index (χ1n) is 7.30. The van der Waals surface area contributed by atoms with Crippen molar-refractivity contribution in [3.63, 3.8) is 0 Å². The molecule has 1 amide bonds. The number of thioether (sulfide) groups is 1. The molecule has 2 heterocycles. The van der Waals surface area contributed by atoms with Crippen molar-refractivity contribution in [2.45, 2.75) is 17.2 Å². The van der Waals surface area contributed by atoms with E-state index in [0.717, 1.165) is 16.2 Å². The minimum Gasteiger partial charge on any atom is -0.481 e. The highest BCUT2D eigenvalue weighted by atomic mass is 32.2. The number of carbonyl (C=O) groups excluding carboxylic acids is 1. The molecule has 0 aliphatic carbocycles. The van der Waals surface area contributed by atoms with Crippen LogP contribution in [0.5, 0.6) is 0 Å². The number of amides is 1. The molecule has 1 aromatic rings. The zero-order chi connectivity index (χ0) is 15.7. The number of benzene rings is 1. The molecule has 2 aliphatic heterocycles. The van der Waals surface area contributed by atoms with E-state index in [-0.39, 0.29) is 25.0 Å². The number of methoxy groups -OCH3 is 1. The van der Waals surface area contributed by atoms with E-state index < -0.39 is 11.4 Å². The van der Waals surface area contributed by atoms with E-state index in [2.05, 4.69) is 0 Å². The molecule has 1 aromatic carbocycles. The molecule has 0 radical (unpaired) electrons. The second kappa shape index (κ2) is 5.93. The monoisotopic (exact) mass is 321 g/mol. The summed E-state index contributed by atoms with van der Waals surface area (Å²) < 4.78 is 5.08. The van der Waals surface area contributed by atoms with Gasteiger partial charge in [0.1, 0.15) is 5.41 Å². The first-order chi connectivity index (χ1) is 10.6. The predicted octanol–water partition coefficient (Wildman–Crippen LogP) is 1.83. The highest BCUT2D eigenvalue weighted by molar-refractivity contribution is 7.99. The van der Waals surface area contributed by atoms with Crippen molar-refractivity contribution in [1.82, 2.24) is 4.90 Å². The second-order valence-electron chi connectivity index (χ2n) is 5.93. The number of rotatable bonds is 4. The molecule has 0 saturated carbocycles. The Labute approximate surface area is 133 Å². The zero-order valence-corrected chi connectivity index (χ0v) is 13.3. The lowest BCUT2D eigenvalue weighted by Crippen LogP contribution is -2.41. The fourth-order valence-electron chi connectivity index (χ4n) is 3.28. The smallest absolute Gasteiger partial charge is 0.313 e. The van der Waals surface area contributed by atoms with Gasteiger partial charge < -0.3 is 14.7 Å². The standard InChI is InChI=1S/C16H19NO4S/c1-21-10-16(15(19)20)6-7-17(9-16)14(18)12-8-22-13-5-3-2-4-11(12)13/h2-5,12H,6-10H2,1H3,(H,19,20). The van der Waals surface area contributed by atoms with Gasteiger partial charge in [0, 0.05) is 30.8 Å². The van der Waals surface area contributed by atoms with Gasteiger partial charge in [0.25, 0.3) is 0 Å². The van der Waals surface area contributed by atoms with E-state index >= 15 is 0 Å². The van der Waals surface area contributed by atoms with Crippen molar-refractivity contribution in [3.8, 4) is 0 Å². The molecule has 0 aromatic heterocycles. The Bertz CT molecular complexity index is 606. The number of likely N-dealkylation sites (tertiary alicyclic amines) is 1. The number of ether oxygens (including phenoxy) is 1. The van der Waals surface area contributed by atoms with Crippen LogP contribution in [-0.4, -0.2) is 54.4 Å². The van der Waals surface area contributed by atoms with Gasteiger partial charge in [-0.25, -0.2) is 0 Å². The molecule has 2 unspecified atom stereocenters. The lowest BCUT2D eigenvalue weighted by Gasteiger charge is -2.25. The van der Waals surface area contributed by atoms with Gasteiger partial charge in [0.05, 0.1) is 12.5 Å². The van der Waals surface area contributed by atoms with Crippen molar-refractivity contribution in [3.05, 3.63) is 29.8 Å². The Kier molecular flexibility index (Phi) is 4.14. The van der Waals surface area contributed by atoms with Crippen LogP contribution < -0.4 is 0 Å². The average Bonchev–Trinajstić information content (AvgIpc) is 3.12. The summed E-state index contributed by atoms with van der Waals surface area (Å²) in [6.45, 7) is 0.859. The van der Waals surface area contributed by atoms with E-state index in [1.54, 1.807) is 16.7 Å². The number of nitrogens with zero attached hydrogens (tertiary/aromatic N) is 1. The SMILES string of the molecule is COCC1(C(=O)O)CCN(C(=O)C2CSc3ccccc32)C1. The molecule has 5 nitrogen and oxygen atoms in total. The third-order valence-corrected chi connectivity index (χ3v) is 5.72. The number of carbonyl (C=O) groups is 2. The lowest BCUT2D eigenvalue weighted by molar-refractivity contribution is -0.151. The van der Waals surface area contributed by atoms with E-state index in [9.17, 15) is 14.7 Å². The minimum absolute atomic E-state index is 0.0386. The number of hydrogen-bond acceptors (Lipinski definition) is 4. The Morgan fingerprint density at radius 1 is 1.45 bits per heavy atom. The van der Waals surface area contributed by atoms with E-state index in [1.165, 1.54) is 7.11 Å². The maximum atomic E-state index is 12.8. The van der Waals surface area contributed by atoms with Crippen LogP contribution in [0.2, 0.25) is 0 Å². The second-order valence-corrected chi connectivity index (χ2v) is 6.99. The highest BCUT2D eigenvalue weighted by Crippen LogP contribution is 2.41. The van der Waals surface area contributed by atoms with Gasteiger partial charge in [-0.1, -0.05) is 18.2 Å². The van der Waals surface area contributed by atoms with Gasteiger partial charge in [-0.15, -0.1) is 11.8 Å². The molecule has 118 valence electrons. The first kappa shape index (κ1) is 15.4. The molecule has 2 aliphatic rings. The Balaban J connectivity index is 1.76. The first-order valence-corrected chi connectivity index (χ1v) is 8.29. The topological polar surface area (TPSA) is 66.8 Å². The lowest BCUT2D eigenvalue weighted by atomic mass is 9.88. The van der Waals surface area contributed by atoms with Gasteiger partial charge in [0.15, 0.2) is 0 Å². The molecule has 1 N–H and O–H groups in total. The maximum absolute atomic E-state index is 12.8. The van der Waals surface area contributed by atoms with E-state index in [4.69, 9.17) is 4.74 Å². The summed E-state index contributed by atoms with van der Waals surface area (Å²) in [5.74, 6) is -0.269. The molecule has 22 heavy (non-hydrogen) atoms.